The standard InChI is InChI=1S/C15H21NS/c1-13(16-15-10-6-3-7-11-15)17-12-14-8-4-2-5-9-14/h2,4-5,8-9,15H,3,6-7,10-12H2,1H3. The Morgan fingerprint density at radius 2 is 1.88 bits per heavy atom. The van der Waals surface area contributed by atoms with Gasteiger partial charge < -0.3 is 0 Å². The Balaban J connectivity index is 1.80. The zero-order valence-electron chi connectivity index (χ0n) is 10.6. The molecule has 0 aromatic heterocycles. The van der Waals surface area contributed by atoms with Crippen LogP contribution in [0.3, 0.4) is 0 Å². The first-order chi connectivity index (χ1) is 8.34. The minimum atomic E-state index is 0.604. The van der Waals surface area contributed by atoms with E-state index in [9.17, 15) is 0 Å². The molecule has 0 bridgehead atoms. The topological polar surface area (TPSA) is 12.4 Å². The molecule has 0 amide bonds. The highest BCUT2D eigenvalue weighted by atomic mass is 32.2. The van der Waals surface area contributed by atoms with Crippen LogP contribution in [0.5, 0.6) is 0 Å². The molecule has 1 saturated carbocycles. The predicted octanol–water partition coefficient (Wildman–Crippen LogP) is 4.67. The van der Waals surface area contributed by atoms with Gasteiger partial charge in [-0.2, -0.15) is 0 Å². The van der Waals surface area contributed by atoms with Crippen LogP contribution in [0.4, 0.5) is 0 Å². The van der Waals surface area contributed by atoms with Gasteiger partial charge in [-0.25, -0.2) is 0 Å². The number of benzene rings is 1. The summed E-state index contributed by atoms with van der Waals surface area (Å²) in [6.07, 6.45) is 6.73. The molecule has 0 radical (unpaired) electrons. The van der Waals surface area contributed by atoms with Crippen LogP contribution in [0, 0.1) is 0 Å². The maximum atomic E-state index is 4.83. The number of hydrogen-bond donors (Lipinski definition) is 0. The first-order valence-corrected chi connectivity index (χ1v) is 7.54. The minimum Gasteiger partial charge on any atom is -0.280 e. The Morgan fingerprint density at radius 3 is 2.59 bits per heavy atom. The molecule has 1 aliphatic carbocycles. The third kappa shape index (κ3) is 4.55. The first-order valence-electron chi connectivity index (χ1n) is 6.56. The summed E-state index contributed by atoms with van der Waals surface area (Å²) in [5, 5.41) is 1.25. The largest absolute Gasteiger partial charge is 0.280 e. The lowest BCUT2D eigenvalue weighted by molar-refractivity contribution is 0.444. The summed E-state index contributed by atoms with van der Waals surface area (Å²) in [4.78, 5) is 4.83. The van der Waals surface area contributed by atoms with Crippen LogP contribution >= 0.6 is 11.8 Å². The van der Waals surface area contributed by atoms with Gasteiger partial charge in [-0.1, -0.05) is 49.6 Å². The van der Waals surface area contributed by atoms with Gasteiger partial charge in [-0.3, -0.25) is 4.99 Å². The van der Waals surface area contributed by atoms with E-state index in [1.807, 2.05) is 11.8 Å². The van der Waals surface area contributed by atoms with Gasteiger partial charge in [0, 0.05) is 5.75 Å². The summed E-state index contributed by atoms with van der Waals surface area (Å²) in [5.41, 5.74) is 1.38. The highest BCUT2D eigenvalue weighted by Crippen LogP contribution is 2.22. The highest BCUT2D eigenvalue weighted by Gasteiger charge is 2.11. The van der Waals surface area contributed by atoms with E-state index in [0.717, 1.165) is 5.75 Å². The van der Waals surface area contributed by atoms with Crippen LogP contribution < -0.4 is 0 Å². The summed E-state index contributed by atoms with van der Waals surface area (Å²) in [7, 11) is 0. The lowest BCUT2D eigenvalue weighted by atomic mass is 9.96. The van der Waals surface area contributed by atoms with Crippen LogP contribution in [0.25, 0.3) is 0 Å². The van der Waals surface area contributed by atoms with Crippen molar-refractivity contribution in [3.05, 3.63) is 35.9 Å². The molecule has 17 heavy (non-hydrogen) atoms. The van der Waals surface area contributed by atoms with Crippen molar-refractivity contribution in [2.75, 3.05) is 0 Å². The van der Waals surface area contributed by atoms with Gasteiger partial charge in [0.25, 0.3) is 0 Å². The lowest BCUT2D eigenvalue weighted by Crippen LogP contribution is -2.10. The van der Waals surface area contributed by atoms with E-state index in [1.54, 1.807) is 0 Å². The predicted molar refractivity (Wildman–Crippen MR) is 77.7 cm³/mol. The fourth-order valence-corrected chi connectivity index (χ4v) is 3.06. The molecule has 92 valence electrons. The van der Waals surface area contributed by atoms with Gasteiger partial charge in [0.2, 0.25) is 0 Å². The molecule has 1 aromatic carbocycles. The zero-order valence-corrected chi connectivity index (χ0v) is 11.4. The summed E-state index contributed by atoms with van der Waals surface area (Å²) in [6, 6.07) is 11.2. The molecule has 0 unspecified atom stereocenters. The van der Waals surface area contributed by atoms with Crippen molar-refractivity contribution in [2.45, 2.75) is 50.8 Å². The average molecular weight is 247 g/mol. The van der Waals surface area contributed by atoms with Crippen LogP contribution in [0.15, 0.2) is 35.3 Å². The molecule has 2 rings (SSSR count). The quantitative estimate of drug-likeness (QED) is 0.558. The molecule has 0 aliphatic heterocycles. The lowest BCUT2D eigenvalue weighted by Gasteiger charge is -2.18. The van der Waals surface area contributed by atoms with Crippen molar-refractivity contribution in [1.82, 2.24) is 0 Å². The van der Waals surface area contributed by atoms with E-state index in [4.69, 9.17) is 4.99 Å². The van der Waals surface area contributed by atoms with Gasteiger partial charge in [0.15, 0.2) is 0 Å². The van der Waals surface area contributed by atoms with Crippen LogP contribution in [0.2, 0.25) is 0 Å². The Kier molecular flexibility index (Phi) is 5.11. The van der Waals surface area contributed by atoms with Gasteiger partial charge in [-0.15, -0.1) is 11.8 Å². The van der Waals surface area contributed by atoms with Crippen molar-refractivity contribution in [3.8, 4) is 0 Å². The molecule has 1 nitrogen and oxygen atoms in total. The van der Waals surface area contributed by atoms with Crippen molar-refractivity contribution in [1.29, 1.82) is 0 Å². The first kappa shape index (κ1) is 12.7. The molecular formula is C15H21NS. The summed E-state index contributed by atoms with van der Waals surface area (Å²) in [5.74, 6) is 1.04. The molecule has 1 aliphatic rings. The molecule has 2 heteroatoms. The number of thioether (sulfide) groups is 1. The smallest absolute Gasteiger partial charge is 0.0651 e. The number of hydrogen-bond acceptors (Lipinski definition) is 2. The number of aliphatic imine (C=N–C) groups is 1. The Morgan fingerprint density at radius 1 is 1.18 bits per heavy atom. The van der Waals surface area contributed by atoms with E-state index in [1.165, 1.54) is 42.7 Å². The van der Waals surface area contributed by atoms with Crippen molar-refractivity contribution < 1.29 is 0 Å². The zero-order chi connectivity index (χ0) is 11.9. The van der Waals surface area contributed by atoms with Crippen molar-refractivity contribution >= 4 is 16.8 Å². The van der Waals surface area contributed by atoms with Crippen molar-refractivity contribution in [3.63, 3.8) is 0 Å². The second-order valence-electron chi connectivity index (χ2n) is 4.71. The molecular weight excluding hydrogens is 226 g/mol. The fourth-order valence-electron chi connectivity index (χ4n) is 2.27. The Labute approximate surface area is 109 Å². The summed E-state index contributed by atoms with van der Waals surface area (Å²) < 4.78 is 0. The van der Waals surface area contributed by atoms with Crippen LogP contribution in [-0.2, 0) is 5.75 Å². The third-order valence-electron chi connectivity index (χ3n) is 3.23. The van der Waals surface area contributed by atoms with E-state index in [2.05, 4.69) is 37.3 Å². The third-order valence-corrected chi connectivity index (χ3v) is 4.23. The van der Waals surface area contributed by atoms with Gasteiger partial charge in [-0.05, 0) is 25.3 Å². The molecule has 0 saturated heterocycles. The van der Waals surface area contributed by atoms with Crippen molar-refractivity contribution in [2.24, 2.45) is 4.99 Å². The van der Waals surface area contributed by atoms with E-state index < -0.39 is 0 Å². The molecule has 0 heterocycles. The molecule has 0 atom stereocenters. The van der Waals surface area contributed by atoms with Gasteiger partial charge in [0.1, 0.15) is 0 Å². The molecule has 1 fully saturated rings. The van der Waals surface area contributed by atoms with E-state index in [-0.39, 0.29) is 0 Å². The Hall–Kier alpha value is -0.760. The average Bonchev–Trinajstić information content (AvgIpc) is 2.39. The fraction of sp³-hybridized carbons (Fsp3) is 0.533. The summed E-state index contributed by atoms with van der Waals surface area (Å²) in [6.45, 7) is 2.15. The second-order valence-corrected chi connectivity index (χ2v) is 5.88. The maximum Gasteiger partial charge on any atom is 0.0651 e. The second kappa shape index (κ2) is 6.85. The summed E-state index contributed by atoms with van der Waals surface area (Å²) >= 11 is 1.87. The van der Waals surface area contributed by atoms with E-state index >= 15 is 0 Å². The van der Waals surface area contributed by atoms with Crippen LogP contribution in [0.1, 0.15) is 44.6 Å². The van der Waals surface area contributed by atoms with Gasteiger partial charge in [0.05, 0.1) is 11.1 Å². The van der Waals surface area contributed by atoms with Crippen LogP contribution in [-0.4, -0.2) is 11.1 Å². The number of nitrogens with zero attached hydrogens (tertiary/aromatic N) is 1. The maximum absolute atomic E-state index is 4.83. The monoisotopic (exact) mass is 247 g/mol. The van der Waals surface area contributed by atoms with Gasteiger partial charge >= 0.3 is 0 Å². The highest BCUT2D eigenvalue weighted by molar-refractivity contribution is 8.13. The molecule has 1 aromatic rings. The minimum absolute atomic E-state index is 0.604. The Bertz CT molecular complexity index is 352. The molecule has 0 spiro atoms. The normalized spacial score (nSPS) is 18.3. The van der Waals surface area contributed by atoms with E-state index in [0.29, 0.717) is 6.04 Å². The number of rotatable bonds is 3. The molecule has 0 N–H and O–H groups in total. The SMILES string of the molecule is CC(=NC1CCCCC1)SCc1ccccc1.